The van der Waals surface area contributed by atoms with Gasteiger partial charge in [-0.15, -0.1) is 93.9 Å². The first-order valence-electron chi connectivity index (χ1n) is 28.3. The fourth-order valence-electron chi connectivity index (χ4n) is 18.1. The monoisotopic (exact) mass is 1090 g/mol. The second-order valence-corrected chi connectivity index (χ2v) is 25.0. The van der Waals surface area contributed by atoms with Gasteiger partial charge in [0.15, 0.2) is 0 Å². The van der Waals surface area contributed by atoms with Gasteiger partial charge < -0.3 is 14.9 Å². The number of rotatable bonds is 8. The van der Waals surface area contributed by atoms with E-state index < -0.39 is 0 Å². The number of benzene rings is 4. The van der Waals surface area contributed by atoms with Gasteiger partial charge in [0.05, 0.1) is 0 Å². The van der Waals surface area contributed by atoms with Crippen LogP contribution in [0, 0.1) is 62.2 Å². The summed E-state index contributed by atoms with van der Waals surface area (Å²) in [5.41, 5.74) is 13.1. The molecule has 16 rings (SSSR count). The van der Waals surface area contributed by atoms with Crippen LogP contribution in [-0.2, 0) is 47.0 Å². The summed E-state index contributed by atoms with van der Waals surface area (Å²) in [6, 6.07) is 43.7. The second kappa shape index (κ2) is 24.4. The largest absolute Gasteiger partial charge is 0.164 e. The average Bonchev–Trinajstić information content (AvgIpc) is 3.74. The minimum absolute atomic E-state index is 0. The number of hydrogen-bond donors (Lipinski definition) is 0. The Morgan fingerprint density at radius 2 is 0.722 bits per heavy atom. The summed E-state index contributed by atoms with van der Waals surface area (Å²) in [6.07, 6.45) is 37.7. The van der Waals surface area contributed by atoms with Crippen molar-refractivity contribution in [2.45, 2.75) is 178 Å². The van der Waals surface area contributed by atoms with Crippen LogP contribution in [0.25, 0.3) is 43.8 Å². The Hall–Kier alpha value is -2.22. The first-order chi connectivity index (χ1) is 33.5. The van der Waals surface area contributed by atoms with Crippen molar-refractivity contribution in [3.63, 3.8) is 0 Å². The van der Waals surface area contributed by atoms with E-state index in [9.17, 15) is 0 Å². The maximum absolute atomic E-state index is 3.06. The first kappa shape index (κ1) is 56.0. The standard InChI is InChI=1S/2C33H39.2CH3.2ClH.Si.Zr/c2*1-2-4-7-23(6-3-1)14-24-18-29-8-5-9-31(32(29)19-24)28-10-12-30(13-11-28)33-20-25-15-26(21-33)17-27(16-25)22-33;;;;;;/h2*5,8-13,18-19,23,25-27H,1-4,6-7,14-17,20-22H2;2*1H3;2*1H;;/q4*-1;;;;. The van der Waals surface area contributed by atoms with Crippen LogP contribution in [0.1, 0.15) is 176 Å². The molecular weight excluding hydrogens is 1010 g/mol. The summed E-state index contributed by atoms with van der Waals surface area (Å²) >= 11 is 1.36. The molecule has 0 amide bonds. The minimum atomic E-state index is 0. The molecule has 0 N–H and O–H groups in total. The molecule has 10 fully saturated rings. The van der Waals surface area contributed by atoms with Gasteiger partial charge in [0.25, 0.3) is 0 Å². The van der Waals surface area contributed by atoms with E-state index in [1.165, 1.54) is 234 Å². The van der Waals surface area contributed by atoms with Crippen molar-refractivity contribution in [2.24, 2.45) is 47.3 Å². The third-order valence-electron chi connectivity index (χ3n) is 20.3. The Labute approximate surface area is 466 Å². The Kier molecular flexibility index (Phi) is 19.0. The molecule has 10 aliphatic rings. The molecule has 0 aromatic heterocycles. The van der Waals surface area contributed by atoms with Gasteiger partial charge in [0.2, 0.25) is 0 Å². The molecule has 4 heteroatoms. The van der Waals surface area contributed by atoms with Crippen molar-refractivity contribution in [1.82, 2.24) is 0 Å². The average molecular weight is 1090 g/mol. The Morgan fingerprint density at radius 3 is 1.03 bits per heavy atom. The molecule has 10 saturated carbocycles. The third kappa shape index (κ3) is 11.5. The molecule has 0 aliphatic heterocycles. The van der Waals surface area contributed by atoms with E-state index in [0.29, 0.717) is 10.8 Å². The van der Waals surface area contributed by atoms with Crippen LogP contribution in [0.4, 0.5) is 0 Å². The molecule has 2 radical (unpaired) electrons. The van der Waals surface area contributed by atoms with Crippen LogP contribution < -0.4 is 0 Å². The van der Waals surface area contributed by atoms with Crippen LogP contribution in [0.5, 0.6) is 0 Å². The fourth-order valence-corrected chi connectivity index (χ4v) is 18.1. The Balaban J connectivity index is 0.000000177. The summed E-state index contributed by atoms with van der Waals surface area (Å²) in [5, 5.41) is 5.79. The topological polar surface area (TPSA) is 0 Å². The van der Waals surface area contributed by atoms with Gasteiger partial charge in [-0.3, -0.25) is 0 Å². The predicted octanol–water partition coefficient (Wildman–Crippen LogP) is 19.8. The maximum Gasteiger partial charge on any atom is -0.00391 e. The predicted molar refractivity (Wildman–Crippen MR) is 313 cm³/mol. The van der Waals surface area contributed by atoms with Gasteiger partial charge in [-0.1, -0.05) is 149 Å². The van der Waals surface area contributed by atoms with E-state index >= 15 is 0 Å². The molecule has 10 aliphatic carbocycles. The van der Waals surface area contributed by atoms with E-state index in [0.717, 1.165) is 47.3 Å². The van der Waals surface area contributed by atoms with Gasteiger partial charge in [0.1, 0.15) is 0 Å². The van der Waals surface area contributed by atoms with E-state index in [4.69, 9.17) is 0 Å². The van der Waals surface area contributed by atoms with E-state index in [1.54, 1.807) is 22.3 Å². The Morgan fingerprint density at radius 1 is 0.417 bits per heavy atom. The van der Waals surface area contributed by atoms with Gasteiger partial charge in [0, 0.05) is 0 Å². The molecule has 0 saturated heterocycles. The van der Waals surface area contributed by atoms with Crippen molar-refractivity contribution >= 4 is 53.2 Å². The van der Waals surface area contributed by atoms with Crippen LogP contribution in [0.3, 0.4) is 0 Å². The summed E-state index contributed by atoms with van der Waals surface area (Å²) in [6.45, 7) is 3.06. The Bertz CT molecular complexity index is 2400. The van der Waals surface area contributed by atoms with Crippen molar-refractivity contribution in [3.05, 3.63) is 146 Å². The van der Waals surface area contributed by atoms with Crippen LogP contribution in [0.2, 0.25) is 0 Å². The summed E-state index contributed by atoms with van der Waals surface area (Å²) < 4.78 is 0. The van der Waals surface area contributed by atoms with E-state index in [1.807, 2.05) is 0 Å². The molecule has 0 unspecified atom stereocenters. The van der Waals surface area contributed by atoms with Crippen molar-refractivity contribution < 1.29 is 23.3 Å². The minimum Gasteiger partial charge on any atom is -0.164 e. The van der Waals surface area contributed by atoms with Crippen molar-refractivity contribution in [3.8, 4) is 22.3 Å². The number of hydrogen-bond acceptors (Lipinski definition) is 0. The zero-order chi connectivity index (χ0) is 45.7. The van der Waals surface area contributed by atoms with Gasteiger partial charge in [-0.2, -0.15) is 12.1 Å². The van der Waals surface area contributed by atoms with Gasteiger partial charge in [-0.25, -0.2) is 0 Å². The van der Waals surface area contributed by atoms with E-state index in [-0.39, 0.29) is 39.7 Å². The summed E-state index contributed by atoms with van der Waals surface area (Å²) in [4.78, 5) is 0. The summed E-state index contributed by atoms with van der Waals surface area (Å²) in [5.74, 6) is 7.88. The van der Waals surface area contributed by atoms with Crippen LogP contribution >= 0.6 is 24.8 Å². The van der Waals surface area contributed by atoms with Crippen LogP contribution in [-0.4, -0.2) is 6.88 Å². The molecule has 6 aromatic rings. The SMILES string of the molecule is Cl.Cl.[CH3-].[CH3-].[Si]=[Zr].c1cc(-c2ccc(C34CC5CC(CC(C5)C3)C4)cc2)c2cc(CC3CCCCCC3)[cH-]c2c1.c1cc(-c2ccc(C34CC5CC(CC(C5)C3)C4)cc2)c2cc(CC3CCCCCC3)[cH-]c2c1. The molecule has 0 atom stereocenters. The molecular formula is C68H86Cl2SiZr-4. The second-order valence-electron chi connectivity index (χ2n) is 25.0. The third-order valence-corrected chi connectivity index (χ3v) is 20.3. The summed E-state index contributed by atoms with van der Waals surface area (Å²) in [7, 11) is 0. The fraction of sp³-hybridized carbons (Fsp3) is 0.529. The molecule has 384 valence electrons. The number of halogens is 2. The zero-order valence-electron chi connectivity index (χ0n) is 44.2. The molecule has 0 spiro atoms. The molecule has 6 aromatic carbocycles. The molecule has 0 nitrogen and oxygen atoms in total. The van der Waals surface area contributed by atoms with Crippen molar-refractivity contribution in [1.29, 1.82) is 0 Å². The maximum atomic E-state index is 3.06. The van der Waals surface area contributed by atoms with E-state index in [2.05, 4.69) is 116 Å². The normalized spacial score (nSPS) is 29.2. The first-order valence-corrected chi connectivity index (χ1v) is 32.5. The molecule has 72 heavy (non-hydrogen) atoms. The zero-order valence-corrected chi connectivity index (χ0v) is 49.3. The van der Waals surface area contributed by atoms with Gasteiger partial charge >= 0.3 is 30.2 Å². The quantitative estimate of drug-likeness (QED) is 0.0809. The number of fused-ring (bicyclic) bond motifs is 2. The molecule has 0 heterocycles. The van der Waals surface area contributed by atoms with Crippen molar-refractivity contribution in [2.75, 3.05) is 0 Å². The smallest absolute Gasteiger partial charge is 0.00391 e. The molecule has 8 bridgehead atoms. The van der Waals surface area contributed by atoms with Crippen LogP contribution in [0.15, 0.2) is 109 Å². The van der Waals surface area contributed by atoms with Gasteiger partial charge in [-0.05, 0) is 170 Å².